The molecule has 5 aromatic carbocycles. The average molecular weight is 494 g/mol. The summed E-state index contributed by atoms with van der Waals surface area (Å²) < 4.78 is 0. The molecule has 38 heavy (non-hydrogen) atoms. The van der Waals surface area contributed by atoms with Gasteiger partial charge >= 0.3 is 0 Å². The Morgan fingerprint density at radius 3 is 1.89 bits per heavy atom. The minimum absolute atomic E-state index is 0.236. The number of rotatable bonds is 6. The highest BCUT2D eigenvalue weighted by Crippen LogP contribution is 2.43. The zero-order valence-electron chi connectivity index (χ0n) is 21.5. The van der Waals surface area contributed by atoms with Crippen molar-refractivity contribution >= 4 is 27.9 Å². The number of ketones is 1. The van der Waals surface area contributed by atoms with Gasteiger partial charge in [-0.1, -0.05) is 109 Å². The zero-order valence-corrected chi connectivity index (χ0v) is 21.5. The van der Waals surface area contributed by atoms with Crippen molar-refractivity contribution in [1.82, 2.24) is 0 Å². The Morgan fingerprint density at radius 2 is 1.24 bits per heavy atom. The highest BCUT2D eigenvalue weighted by atomic mass is 16.1. The summed E-state index contributed by atoms with van der Waals surface area (Å²) >= 11 is 0. The summed E-state index contributed by atoms with van der Waals surface area (Å²) in [5.74, 6) is 0.236. The molecule has 1 atom stereocenters. The summed E-state index contributed by atoms with van der Waals surface area (Å²) in [6.07, 6.45) is 5.37. The van der Waals surface area contributed by atoms with Crippen molar-refractivity contribution in [2.75, 3.05) is 4.90 Å². The number of allylic oxidation sites excluding steroid dienone is 1. The second-order valence-corrected chi connectivity index (χ2v) is 10.2. The molecule has 2 nitrogen and oxygen atoms in total. The van der Waals surface area contributed by atoms with E-state index < -0.39 is 5.41 Å². The second kappa shape index (κ2) is 10.5. The summed E-state index contributed by atoms with van der Waals surface area (Å²) in [4.78, 5) is 16.8. The van der Waals surface area contributed by atoms with Crippen LogP contribution in [0.5, 0.6) is 0 Å². The molecule has 186 valence electrons. The van der Waals surface area contributed by atoms with Gasteiger partial charge < -0.3 is 4.90 Å². The van der Waals surface area contributed by atoms with E-state index in [1.807, 2.05) is 42.5 Å². The van der Waals surface area contributed by atoms with Crippen LogP contribution in [-0.4, -0.2) is 5.78 Å². The van der Waals surface area contributed by atoms with Gasteiger partial charge in [0.05, 0.1) is 5.41 Å². The molecule has 0 spiro atoms. The SMILES string of the molecule is O=C1/C(=C/N(c2ccccc2)c2ccccc2)CCCC1(Cc1ccc2ccccc2c1)c1ccccc1. The molecule has 0 heterocycles. The van der Waals surface area contributed by atoms with Crippen LogP contribution in [0, 0.1) is 0 Å². The number of benzene rings is 5. The Hall–Kier alpha value is -4.43. The number of anilines is 2. The maximum absolute atomic E-state index is 14.6. The molecular formula is C36H31NO. The average Bonchev–Trinajstić information content (AvgIpc) is 2.99. The van der Waals surface area contributed by atoms with Crippen LogP contribution in [-0.2, 0) is 16.6 Å². The number of nitrogens with zero attached hydrogens (tertiary/aromatic N) is 1. The van der Waals surface area contributed by atoms with Crippen molar-refractivity contribution in [3.05, 3.63) is 156 Å². The molecule has 0 radical (unpaired) electrons. The van der Waals surface area contributed by atoms with Gasteiger partial charge in [0, 0.05) is 23.1 Å². The van der Waals surface area contributed by atoms with Crippen LogP contribution < -0.4 is 4.90 Å². The minimum atomic E-state index is -0.590. The van der Waals surface area contributed by atoms with Crippen LogP contribution in [0.2, 0.25) is 0 Å². The lowest BCUT2D eigenvalue weighted by atomic mass is 9.64. The smallest absolute Gasteiger partial charge is 0.171 e. The van der Waals surface area contributed by atoms with Gasteiger partial charge in [-0.3, -0.25) is 4.79 Å². The molecule has 1 aliphatic carbocycles. The molecule has 0 N–H and O–H groups in total. The van der Waals surface area contributed by atoms with Gasteiger partial charge in [-0.2, -0.15) is 0 Å². The first-order chi connectivity index (χ1) is 18.7. The lowest BCUT2D eigenvalue weighted by Crippen LogP contribution is -2.42. The van der Waals surface area contributed by atoms with E-state index in [0.717, 1.165) is 41.8 Å². The van der Waals surface area contributed by atoms with Crippen molar-refractivity contribution in [2.45, 2.75) is 31.1 Å². The maximum atomic E-state index is 14.6. The van der Waals surface area contributed by atoms with Gasteiger partial charge in [-0.25, -0.2) is 0 Å². The predicted molar refractivity (Wildman–Crippen MR) is 158 cm³/mol. The van der Waals surface area contributed by atoms with Crippen LogP contribution in [0.25, 0.3) is 10.8 Å². The Labute approximate surface area is 224 Å². The predicted octanol–water partition coefficient (Wildman–Crippen LogP) is 8.80. The summed E-state index contributed by atoms with van der Waals surface area (Å²) in [5, 5.41) is 2.44. The summed E-state index contributed by atoms with van der Waals surface area (Å²) in [6.45, 7) is 0. The monoisotopic (exact) mass is 493 g/mol. The number of hydrogen-bond donors (Lipinski definition) is 0. The molecule has 0 amide bonds. The summed E-state index contributed by atoms with van der Waals surface area (Å²) in [7, 11) is 0. The van der Waals surface area contributed by atoms with Crippen LogP contribution in [0.1, 0.15) is 30.4 Å². The van der Waals surface area contributed by atoms with E-state index in [0.29, 0.717) is 6.42 Å². The second-order valence-electron chi connectivity index (χ2n) is 10.2. The standard InChI is InChI=1S/C36H31NO/c38-35-31(27-37(33-18-6-2-7-19-33)34-20-8-3-9-21-34)15-12-24-36(35,32-16-4-1-5-17-32)26-28-22-23-29-13-10-11-14-30(29)25-28/h1-11,13-14,16-23,25,27H,12,15,24,26H2/b31-27+. The van der Waals surface area contributed by atoms with E-state index in [4.69, 9.17) is 0 Å². The number of carbonyl (C=O) groups excluding carboxylic acids is 1. The molecule has 2 heteroatoms. The number of para-hydroxylation sites is 2. The van der Waals surface area contributed by atoms with Gasteiger partial charge in [0.1, 0.15) is 0 Å². The normalized spacial score (nSPS) is 18.5. The molecule has 1 aliphatic rings. The van der Waals surface area contributed by atoms with Crippen LogP contribution >= 0.6 is 0 Å². The Balaban J connectivity index is 1.44. The topological polar surface area (TPSA) is 20.3 Å². The summed E-state index contributed by atoms with van der Waals surface area (Å²) in [5.41, 5.74) is 4.69. The van der Waals surface area contributed by atoms with Gasteiger partial charge in [0.15, 0.2) is 5.78 Å². The van der Waals surface area contributed by atoms with Crippen molar-refractivity contribution in [2.24, 2.45) is 0 Å². The van der Waals surface area contributed by atoms with Crippen molar-refractivity contribution in [3.63, 3.8) is 0 Å². The number of Topliss-reactive ketones (excluding diaryl/α,β-unsaturated/α-hetero) is 1. The third kappa shape index (κ3) is 4.66. The zero-order chi connectivity index (χ0) is 25.8. The number of fused-ring (bicyclic) bond motifs is 1. The fourth-order valence-corrected chi connectivity index (χ4v) is 5.87. The van der Waals surface area contributed by atoms with E-state index >= 15 is 0 Å². The number of hydrogen-bond acceptors (Lipinski definition) is 2. The molecular weight excluding hydrogens is 462 g/mol. The highest BCUT2D eigenvalue weighted by Gasteiger charge is 2.44. The molecule has 1 fully saturated rings. The van der Waals surface area contributed by atoms with E-state index in [1.165, 1.54) is 16.3 Å². The fraction of sp³-hybridized carbons (Fsp3) is 0.139. The molecule has 0 saturated heterocycles. The first kappa shape index (κ1) is 23.9. The van der Waals surface area contributed by atoms with Crippen molar-refractivity contribution in [3.8, 4) is 0 Å². The molecule has 0 aliphatic heterocycles. The molecule has 6 rings (SSSR count). The van der Waals surface area contributed by atoms with E-state index in [1.54, 1.807) is 0 Å². The van der Waals surface area contributed by atoms with Crippen molar-refractivity contribution < 1.29 is 4.79 Å². The largest absolute Gasteiger partial charge is 0.317 e. The quantitative estimate of drug-likeness (QED) is 0.220. The van der Waals surface area contributed by atoms with Gasteiger partial charge in [0.25, 0.3) is 0 Å². The molecule has 1 unspecified atom stereocenters. The lowest BCUT2D eigenvalue weighted by molar-refractivity contribution is -0.122. The molecule has 0 aromatic heterocycles. The minimum Gasteiger partial charge on any atom is -0.317 e. The number of carbonyl (C=O) groups is 1. The Bertz CT molecular complexity index is 1530. The molecule has 1 saturated carbocycles. The third-order valence-electron chi connectivity index (χ3n) is 7.78. The first-order valence-electron chi connectivity index (χ1n) is 13.4. The van der Waals surface area contributed by atoms with Crippen molar-refractivity contribution in [1.29, 1.82) is 0 Å². The fourth-order valence-electron chi connectivity index (χ4n) is 5.87. The Kier molecular flexibility index (Phi) is 6.62. The van der Waals surface area contributed by atoms with E-state index in [2.05, 4.69) is 102 Å². The maximum Gasteiger partial charge on any atom is 0.171 e. The van der Waals surface area contributed by atoms with E-state index in [9.17, 15) is 4.79 Å². The van der Waals surface area contributed by atoms with Crippen LogP contribution in [0.3, 0.4) is 0 Å². The highest BCUT2D eigenvalue weighted by molar-refractivity contribution is 6.05. The lowest BCUT2D eigenvalue weighted by Gasteiger charge is -2.38. The first-order valence-corrected chi connectivity index (χ1v) is 13.4. The molecule has 5 aromatic rings. The summed E-state index contributed by atoms with van der Waals surface area (Å²) in [6, 6.07) is 46.1. The van der Waals surface area contributed by atoms with Crippen LogP contribution in [0.15, 0.2) is 145 Å². The van der Waals surface area contributed by atoms with Gasteiger partial charge in [0.2, 0.25) is 0 Å². The van der Waals surface area contributed by atoms with Gasteiger partial charge in [-0.15, -0.1) is 0 Å². The van der Waals surface area contributed by atoms with Crippen LogP contribution in [0.4, 0.5) is 11.4 Å². The Morgan fingerprint density at radius 1 is 0.658 bits per heavy atom. The third-order valence-corrected chi connectivity index (χ3v) is 7.78. The van der Waals surface area contributed by atoms with Gasteiger partial charge in [-0.05, 0) is 71.8 Å². The van der Waals surface area contributed by atoms with E-state index in [-0.39, 0.29) is 5.78 Å². The molecule has 0 bridgehead atoms.